The first-order valence-corrected chi connectivity index (χ1v) is 7.46. The van der Waals surface area contributed by atoms with E-state index in [-0.39, 0.29) is 11.6 Å². The maximum absolute atomic E-state index is 11.6. The third kappa shape index (κ3) is 4.22. The normalized spacial score (nSPS) is 10.2. The van der Waals surface area contributed by atoms with Crippen LogP contribution in [0.2, 0.25) is 0 Å². The molecule has 2 aromatic rings. The Balaban J connectivity index is 1.77. The fraction of sp³-hybridized carbons (Fsp3) is 0.308. The summed E-state index contributed by atoms with van der Waals surface area (Å²) in [5.74, 6) is -0.268. The first kappa shape index (κ1) is 15.8. The van der Waals surface area contributed by atoms with E-state index in [1.807, 2.05) is 6.07 Å². The number of benzene rings is 1. The number of hydrogen-bond acceptors (Lipinski definition) is 7. The van der Waals surface area contributed by atoms with Gasteiger partial charge >= 0.3 is 0 Å². The molecule has 22 heavy (non-hydrogen) atoms. The summed E-state index contributed by atoms with van der Waals surface area (Å²) in [6.45, 7) is 2.77. The smallest absolute Gasteiger partial charge is 0.292 e. The Morgan fingerprint density at radius 2 is 2.23 bits per heavy atom. The van der Waals surface area contributed by atoms with E-state index in [2.05, 4.69) is 20.2 Å². The maximum atomic E-state index is 11.6. The minimum Gasteiger partial charge on any atom is -0.379 e. The molecule has 116 valence electrons. The second-order valence-electron chi connectivity index (χ2n) is 4.60. The Kier molecular flexibility index (Phi) is 5.37. The van der Waals surface area contributed by atoms with Crippen LogP contribution in [0.15, 0.2) is 23.6 Å². The molecule has 1 aromatic carbocycles. The van der Waals surface area contributed by atoms with Crippen molar-refractivity contribution in [1.29, 1.82) is 0 Å². The van der Waals surface area contributed by atoms with Crippen LogP contribution in [0.4, 0.5) is 11.4 Å². The Hall–Kier alpha value is -2.55. The molecule has 2 rings (SSSR count). The number of rotatable bonds is 7. The van der Waals surface area contributed by atoms with Gasteiger partial charge in [-0.1, -0.05) is 10.6 Å². The zero-order valence-corrected chi connectivity index (χ0v) is 12.7. The van der Waals surface area contributed by atoms with Crippen molar-refractivity contribution in [3.05, 3.63) is 45.0 Å². The van der Waals surface area contributed by atoms with Gasteiger partial charge in [0, 0.05) is 24.5 Å². The number of aromatic nitrogens is 2. The molecule has 0 saturated carbocycles. The molecule has 0 aliphatic heterocycles. The summed E-state index contributed by atoms with van der Waals surface area (Å²) in [5, 5.41) is 21.9. The van der Waals surface area contributed by atoms with Gasteiger partial charge in [0.2, 0.25) is 0 Å². The molecule has 0 spiro atoms. The zero-order chi connectivity index (χ0) is 15.9. The monoisotopic (exact) mass is 321 g/mol. The van der Waals surface area contributed by atoms with Crippen LogP contribution >= 0.6 is 11.5 Å². The van der Waals surface area contributed by atoms with E-state index < -0.39 is 4.92 Å². The summed E-state index contributed by atoms with van der Waals surface area (Å²) in [4.78, 5) is 22.2. The number of aryl methyl sites for hydroxylation is 1. The van der Waals surface area contributed by atoms with E-state index in [1.165, 1.54) is 6.07 Å². The standard InChI is InChI=1S/C13H15N5O3S/c1-9-3-4-10(12(7-9)18(20)21)14-5-2-6-15-13(19)11-8-22-17-16-11/h3-4,7-8,14H,2,5-6H2,1H3,(H,15,19). The Bertz CT molecular complexity index is 660. The summed E-state index contributed by atoms with van der Waals surface area (Å²) in [6.07, 6.45) is 0.633. The van der Waals surface area contributed by atoms with Crippen molar-refractivity contribution in [1.82, 2.24) is 14.9 Å². The van der Waals surface area contributed by atoms with E-state index in [1.54, 1.807) is 18.4 Å². The number of hydrogen-bond donors (Lipinski definition) is 2. The average molecular weight is 321 g/mol. The minimum atomic E-state index is -0.410. The highest BCUT2D eigenvalue weighted by molar-refractivity contribution is 7.03. The van der Waals surface area contributed by atoms with Crippen LogP contribution < -0.4 is 10.6 Å². The van der Waals surface area contributed by atoms with Gasteiger partial charge in [0.15, 0.2) is 5.69 Å². The predicted molar refractivity (Wildman–Crippen MR) is 83.2 cm³/mol. The Labute approximate surface area is 130 Å². The van der Waals surface area contributed by atoms with Crippen molar-refractivity contribution in [2.45, 2.75) is 13.3 Å². The lowest BCUT2D eigenvalue weighted by molar-refractivity contribution is -0.384. The van der Waals surface area contributed by atoms with Gasteiger partial charge in [0.05, 0.1) is 4.92 Å². The molecule has 0 bridgehead atoms. The van der Waals surface area contributed by atoms with Gasteiger partial charge in [-0.25, -0.2) is 0 Å². The van der Waals surface area contributed by atoms with Gasteiger partial charge in [-0.05, 0) is 36.5 Å². The molecule has 0 radical (unpaired) electrons. The van der Waals surface area contributed by atoms with Crippen LogP contribution in [0.25, 0.3) is 0 Å². The Morgan fingerprint density at radius 1 is 1.41 bits per heavy atom. The number of carbonyl (C=O) groups is 1. The maximum Gasteiger partial charge on any atom is 0.292 e. The third-order valence-electron chi connectivity index (χ3n) is 2.90. The molecule has 0 fully saturated rings. The van der Waals surface area contributed by atoms with E-state index in [9.17, 15) is 14.9 Å². The molecule has 0 atom stereocenters. The van der Waals surface area contributed by atoms with Crippen LogP contribution in [0.1, 0.15) is 22.5 Å². The van der Waals surface area contributed by atoms with Gasteiger partial charge < -0.3 is 10.6 Å². The Morgan fingerprint density at radius 3 is 2.91 bits per heavy atom. The lowest BCUT2D eigenvalue weighted by Gasteiger charge is -2.08. The molecule has 8 nitrogen and oxygen atoms in total. The fourth-order valence-electron chi connectivity index (χ4n) is 1.81. The number of carbonyl (C=O) groups excluding carboxylic acids is 1. The summed E-state index contributed by atoms with van der Waals surface area (Å²) in [7, 11) is 0. The number of nitro benzene ring substituents is 1. The van der Waals surface area contributed by atoms with E-state index in [0.29, 0.717) is 30.9 Å². The first-order valence-electron chi connectivity index (χ1n) is 6.62. The largest absolute Gasteiger partial charge is 0.379 e. The molecule has 0 unspecified atom stereocenters. The topological polar surface area (TPSA) is 110 Å². The second-order valence-corrected chi connectivity index (χ2v) is 5.21. The molecule has 9 heteroatoms. The van der Waals surface area contributed by atoms with Crippen LogP contribution in [-0.4, -0.2) is 33.5 Å². The molecule has 1 aromatic heterocycles. The quantitative estimate of drug-likeness (QED) is 0.458. The molecule has 1 heterocycles. The number of amides is 1. The van der Waals surface area contributed by atoms with Crippen molar-refractivity contribution >= 4 is 28.8 Å². The molecule has 0 aliphatic carbocycles. The molecular weight excluding hydrogens is 306 g/mol. The van der Waals surface area contributed by atoms with Crippen LogP contribution in [0.5, 0.6) is 0 Å². The van der Waals surface area contributed by atoms with Gasteiger partial charge in [-0.3, -0.25) is 14.9 Å². The summed E-state index contributed by atoms with van der Waals surface area (Å²) >= 11 is 1.12. The van der Waals surface area contributed by atoms with Gasteiger partial charge in [0.25, 0.3) is 11.6 Å². The van der Waals surface area contributed by atoms with Crippen molar-refractivity contribution in [3.63, 3.8) is 0 Å². The van der Waals surface area contributed by atoms with Gasteiger partial charge in [0.1, 0.15) is 5.69 Å². The molecule has 0 aliphatic rings. The number of nitrogens with zero attached hydrogens (tertiary/aromatic N) is 3. The van der Waals surface area contributed by atoms with Crippen molar-refractivity contribution < 1.29 is 9.72 Å². The van der Waals surface area contributed by atoms with Crippen LogP contribution in [-0.2, 0) is 0 Å². The summed E-state index contributed by atoms with van der Waals surface area (Å²) < 4.78 is 3.62. The lowest BCUT2D eigenvalue weighted by atomic mass is 10.2. The summed E-state index contributed by atoms with van der Waals surface area (Å²) in [5.41, 5.74) is 1.66. The van der Waals surface area contributed by atoms with E-state index in [0.717, 1.165) is 17.1 Å². The zero-order valence-electron chi connectivity index (χ0n) is 11.9. The molecule has 2 N–H and O–H groups in total. The SMILES string of the molecule is Cc1ccc(NCCCNC(=O)c2csnn2)c([N+](=O)[O-])c1. The number of nitro groups is 1. The van der Waals surface area contributed by atoms with Crippen LogP contribution in [0.3, 0.4) is 0 Å². The lowest BCUT2D eigenvalue weighted by Crippen LogP contribution is -2.26. The van der Waals surface area contributed by atoms with Gasteiger partial charge in [-0.15, -0.1) is 5.10 Å². The van der Waals surface area contributed by atoms with Crippen molar-refractivity contribution in [2.75, 3.05) is 18.4 Å². The van der Waals surface area contributed by atoms with Crippen molar-refractivity contribution in [3.8, 4) is 0 Å². The fourth-order valence-corrected chi connectivity index (χ4v) is 2.25. The average Bonchev–Trinajstić information content (AvgIpc) is 3.02. The van der Waals surface area contributed by atoms with Gasteiger partial charge in [-0.2, -0.15) is 0 Å². The van der Waals surface area contributed by atoms with Crippen molar-refractivity contribution in [2.24, 2.45) is 0 Å². The van der Waals surface area contributed by atoms with E-state index >= 15 is 0 Å². The minimum absolute atomic E-state index is 0.0533. The summed E-state index contributed by atoms with van der Waals surface area (Å²) in [6, 6.07) is 5.03. The number of nitrogens with one attached hydrogen (secondary N) is 2. The number of anilines is 1. The molecule has 0 saturated heterocycles. The highest BCUT2D eigenvalue weighted by Gasteiger charge is 2.13. The second kappa shape index (κ2) is 7.46. The predicted octanol–water partition coefficient (Wildman–Crippen LogP) is 1.99. The van der Waals surface area contributed by atoms with Crippen LogP contribution in [0, 0.1) is 17.0 Å². The molecule has 1 amide bonds. The third-order valence-corrected chi connectivity index (χ3v) is 3.40. The highest BCUT2D eigenvalue weighted by Crippen LogP contribution is 2.24. The molecular formula is C13H15N5O3S. The van der Waals surface area contributed by atoms with E-state index in [4.69, 9.17) is 0 Å². The highest BCUT2D eigenvalue weighted by atomic mass is 32.1. The first-order chi connectivity index (χ1) is 10.6.